The van der Waals surface area contributed by atoms with Crippen LogP contribution in [-0.2, 0) is 4.79 Å². The van der Waals surface area contributed by atoms with Crippen molar-refractivity contribution in [1.29, 1.82) is 0 Å². The molecule has 116 valence electrons. The maximum atomic E-state index is 12.2. The second-order valence-electron chi connectivity index (χ2n) is 5.90. The van der Waals surface area contributed by atoms with E-state index in [9.17, 15) is 9.59 Å². The highest BCUT2D eigenvalue weighted by atomic mass is 16.4. The number of hydrogen-bond donors (Lipinski definition) is 2. The molecule has 0 bridgehead atoms. The van der Waals surface area contributed by atoms with Gasteiger partial charge in [0.2, 0.25) is 0 Å². The van der Waals surface area contributed by atoms with Crippen LogP contribution in [0, 0.1) is 0 Å². The van der Waals surface area contributed by atoms with Crippen LogP contribution in [0.1, 0.15) is 46.8 Å². The normalized spacial score (nSPS) is 14.9. The summed E-state index contributed by atoms with van der Waals surface area (Å²) in [5, 5.41) is 11.9. The molecular weight excluding hydrogens is 290 g/mol. The molecule has 1 aliphatic heterocycles. The monoisotopic (exact) mass is 307 g/mol. The highest BCUT2D eigenvalue weighted by Gasteiger charge is 2.25. The lowest BCUT2D eigenvalue weighted by molar-refractivity contribution is -0.110. The van der Waals surface area contributed by atoms with Gasteiger partial charge in [0.1, 0.15) is 0 Å². The smallest absolute Gasteiger partial charge is 0.335 e. The first-order chi connectivity index (χ1) is 11.0. The van der Waals surface area contributed by atoms with E-state index in [4.69, 9.17) is 5.11 Å². The minimum absolute atomic E-state index is 0.168. The third-order valence-corrected chi connectivity index (χ3v) is 3.96. The largest absolute Gasteiger partial charge is 0.478 e. The van der Waals surface area contributed by atoms with E-state index in [1.165, 1.54) is 17.7 Å². The summed E-state index contributed by atoms with van der Waals surface area (Å²) in [4.78, 5) is 23.3. The van der Waals surface area contributed by atoms with Crippen LogP contribution in [0.15, 0.2) is 42.5 Å². The second kappa shape index (κ2) is 5.72. The molecule has 23 heavy (non-hydrogen) atoms. The van der Waals surface area contributed by atoms with E-state index in [0.717, 1.165) is 5.56 Å². The second-order valence-corrected chi connectivity index (χ2v) is 5.90. The van der Waals surface area contributed by atoms with Crippen LogP contribution in [0.5, 0.6) is 0 Å². The Morgan fingerprint density at radius 3 is 2.43 bits per heavy atom. The van der Waals surface area contributed by atoms with Crippen molar-refractivity contribution in [2.45, 2.75) is 19.8 Å². The number of amides is 1. The van der Waals surface area contributed by atoms with Crippen molar-refractivity contribution in [2.24, 2.45) is 0 Å². The van der Waals surface area contributed by atoms with Crippen LogP contribution >= 0.6 is 0 Å². The number of carbonyl (C=O) groups excluding carboxylic acids is 1. The van der Waals surface area contributed by atoms with Crippen LogP contribution in [-0.4, -0.2) is 17.0 Å². The van der Waals surface area contributed by atoms with Crippen molar-refractivity contribution in [3.05, 3.63) is 64.7 Å². The first kappa shape index (κ1) is 15.0. The minimum Gasteiger partial charge on any atom is -0.478 e. The molecule has 0 aromatic heterocycles. The summed E-state index contributed by atoms with van der Waals surface area (Å²) in [6.07, 6.45) is 1.79. The molecule has 1 aliphatic rings. The molecule has 3 rings (SSSR count). The van der Waals surface area contributed by atoms with Gasteiger partial charge in [-0.05, 0) is 41.3 Å². The number of benzene rings is 2. The number of hydrogen-bond acceptors (Lipinski definition) is 2. The van der Waals surface area contributed by atoms with Gasteiger partial charge in [-0.25, -0.2) is 4.79 Å². The standard InChI is InChI=1S/C19H17NO3/c1-11(2)13-5-3-12(4-6-13)9-16-15-10-14(19(22)23)7-8-17(15)20-18(16)21/h3-11H,1-2H3,(H,20,21)(H,22,23)/b16-9+. The average molecular weight is 307 g/mol. The van der Waals surface area contributed by atoms with Gasteiger partial charge in [-0.15, -0.1) is 0 Å². The summed E-state index contributed by atoms with van der Waals surface area (Å²) in [7, 11) is 0. The molecule has 0 aliphatic carbocycles. The van der Waals surface area contributed by atoms with Gasteiger partial charge in [0.05, 0.1) is 5.56 Å². The maximum Gasteiger partial charge on any atom is 0.335 e. The predicted molar refractivity (Wildman–Crippen MR) is 90.4 cm³/mol. The number of rotatable bonds is 3. The van der Waals surface area contributed by atoms with Gasteiger partial charge in [-0.1, -0.05) is 38.1 Å². The number of aromatic carboxylic acids is 1. The summed E-state index contributed by atoms with van der Waals surface area (Å²) < 4.78 is 0. The Morgan fingerprint density at radius 1 is 1.13 bits per heavy atom. The lowest BCUT2D eigenvalue weighted by Crippen LogP contribution is -2.03. The summed E-state index contributed by atoms with van der Waals surface area (Å²) in [6.45, 7) is 4.25. The Balaban J connectivity index is 2.02. The van der Waals surface area contributed by atoms with Crippen molar-refractivity contribution in [3.8, 4) is 0 Å². The molecular formula is C19H17NO3. The molecule has 0 saturated heterocycles. The lowest BCUT2D eigenvalue weighted by Gasteiger charge is -2.05. The molecule has 2 N–H and O–H groups in total. The van der Waals surface area contributed by atoms with Crippen LogP contribution in [0.4, 0.5) is 5.69 Å². The number of nitrogens with one attached hydrogen (secondary N) is 1. The number of fused-ring (bicyclic) bond motifs is 1. The zero-order valence-corrected chi connectivity index (χ0v) is 13.0. The molecule has 4 nitrogen and oxygen atoms in total. The molecule has 0 spiro atoms. The van der Waals surface area contributed by atoms with Crippen molar-refractivity contribution in [3.63, 3.8) is 0 Å². The molecule has 0 atom stereocenters. The maximum absolute atomic E-state index is 12.2. The van der Waals surface area contributed by atoms with Gasteiger partial charge in [0.15, 0.2) is 0 Å². The molecule has 0 fully saturated rings. The molecule has 0 saturated carbocycles. The first-order valence-corrected chi connectivity index (χ1v) is 7.46. The van der Waals surface area contributed by atoms with Crippen molar-refractivity contribution >= 4 is 29.2 Å². The average Bonchev–Trinajstić information content (AvgIpc) is 2.83. The third kappa shape index (κ3) is 2.88. The van der Waals surface area contributed by atoms with Crippen LogP contribution in [0.25, 0.3) is 11.6 Å². The van der Waals surface area contributed by atoms with E-state index in [2.05, 4.69) is 19.2 Å². The molecule has 2 aromatic carbocycles. The van der Waals surface area contributed by atoms with E-state index in [-0.39, 0.29) is 11.5 Å². The van der Waals surface area contributed by atoms with E-state index in [1.807, 2.05) is 24.3 Å². The van der Waals surface area contributed by atoms with Gasteiger partial charge in [-0.2, -0.15) is 0 Å². The van der Waals surface area contributed by atoms with E-state index in [0.29, 0.717) is 22.7 Å². The summed E-state index contributed by atoms with van der Waals surface area (Å²) in [5.41, 5.74) is 4.07. The van der Waals surface area contributed by atoms with Crippen LogP contribution in [0.2, 0.25) is 0 Å². The Kier molecular flexibility index (Phi) is 3.74. The highest BCUT2D eigenvalue weighted by molar-refractivity contribution is 6.35. The Bertz CT molecular complexity index is 817. The van der Waals surface area contributed by atoms with Gasteiger partial charge in [0, 0.05) is 16.8 Å². The molecule has 2 aromatic rings. The molecule has 4 heteroatoms. The van der Waals surface area contributed by atoms with Gasteiger partial charge >= 0.3 is 5.97 Å². The lowest BCUT2D eigenvalue weighted by atomic mass is 9.99. The Morgan fingerprint density at radius 2 is 1.83 bits per heavy atom. The zero-order valence-electron chi connectivity index (χ0n) is 13.0. The van der Waals surface area contributed by atoms with Crippen molar-refractivity contribution < 1.29 is 14.7 Å². The molecule has 1 amide bonds. The van der Waals surface area contributed by atoms with Crippen LogP contribution in [0.3, 0.4) is 0 Å². The van der Waals surface area contributed by atoms with Crippen molar-refractivity contribution in [1.82, 2.24) is 0 Å². The highest BCUT2D eigenvalue weighted by Crippen LogP contribution is 2.34. The molecule has 0 unspecified atom stereocenters. The van der Waals surface area contributed by atoms with E-state index < -0.39 is 5.97 Å². The molecule has 0 radical (unpaired) electrons. The topological polar surface area (TPSA) is 66.4 Å². The van der Waals surface area contributed by atoms with E-state index in [1.54, 1.807) is 12.1 Å². The third-order valence-electron chi connectivity index (χ3n) is 3.96. The summed E-state index contributed by atoms with van der Waals surface area (Å²) in [5.74, 6) is -0.770. The Hall–Kier alpha value is -2.88. The Labute approximate surface area is 134 Å². The SMILES string of the molecule is CC(C)c1ccc(/C=C2/C(=O)Nc3ccc(C(=O)O)cc32)cc1. The number of carbonyl (C=O) groups is 2. The fourth-order valence-electron chi connectivity index (χ4n) is 2.61. The van der Waals surface area contributed by atoms with E-state index >= 15 is 0 Å². The fourth-order valence-corrected chi connectivity index (χ4v) is 2.61. The van der Waals surface area contributed by atoms with Gasteiger partial charge < -0.3 is 10.4 Å². The zero-order chi connectivity index (χ0) is 16.6. The number of carboxylic acids is 1. The fraction of sp³-hybridized carbons (Fsp3) is 0.158. The minimum atomic E-state index is -1.01. The number of carboxylic acid groups (broad SMARTS) is 1. The summed E-state index contributed by atoms with van der Waals surface area (Å²) >= 11 is 0. The van der Waals surface area contributed by atoms with Gasteiger partial charge in [0.25, 0.3) is 5.91 Å². The molecule has 1 heterocycles. The number of anilines is 1. The van der Waals surface area contributed by atoms with Crippen molar-refractivity contribution in [2.75, 3.05) is 5.32 Å². The predicted octanol–water partition coefficient (Wildman–Crippen LogP) is 4.00. The quantitative estimate of drug-likeness (QED) is 0.842. The van der Waals surface area contributed by atoms with Crippen LogP contribution < -0.4 is 5.32 Å². The first-order valence-electron chi connectivity index (χ1n) is 7.46. The summed E-state index contributed by atoms with van der Waals surface area (Å²) in [6, 6.07) is 12.7. The van der Waals surface area contributed by atoms with Gasteiger partial charge in [-0.3, -0.25) is 4.79 Å².